The molecule has 0 aromatic heterocycles. The Hall–Kier alpha value is -1.35. The van der Waals surface area contributed by atoms with E-state index in [2.05, 4.69) is 12.2 Å². The third kappa shape index (κ3) is 3.83. The molecule has 0 aliphatic heterocycles. The highest BCUT2D eigenvalue weighted by molar-refractivity contribution is 5.83. The van der Waals surface area contributed by atoms with E-state index in [4.69, 9.17) is 0 Å². The van der Waals surface area contributed by atoms with Gasteiger partial charge in [-0.2, -0.15) is 0 Å². The van der Waals surface area contributed by atoms with Gasteiger partial charge in [-0.1, -0.05) is 50.1 Å². The predicted molar refractivity (Wildman–Crippen MR) is 82.4 cm³/mol. The van der Waals surface area contributed by atoms with Crippen molar-refractivity contribution in [2.45, 2.75) is 44.7 Å². The molecular formula is C17H26N2O. The van der Waals surface area contributed by atoms with Gasteiger partial charge < -0.3 is 5.32 Å². The Morgan fingerprint density at radius 2 is 1.95 bits per heavy atom. The van der Waals surface area contributed by atoms with Crippen LogP contribution in [0.15, 0.2) is 30.3 Å². The van der Waals surface area contributed by atoms with Crippen molar-refractivity contribution in [2.75, 3.05) is 14.1 Å². The van der Waals surface area contributed by atoms with Crippen LogP contribution < -0.4 is 5.32 Å². The molecule has 1 aliphatic carbocycles. The monoisotopic (exact) mass is 274 g/mol. The van der Waals surface area contributed by atoms with Crippen molar-refractivity contribution in [1.29, 1.82) is 0 Å². The highest BCUT2D eigenvalue weighted by Crippen LogP contribution is 2.25. The summed E-state index contributed by atoms with van der Waals surface area (Å²) in [6.45, 7) is 2.28. The molecule has 1 saturated carbocycles. The average Bonchev–Trinajstić information content (AvgIpc) is 2.39. The molecule has 0 spiro atoms. The molecule has 0 bridgehead atoms. The molecule has 0 saturated heterocycles. The minimum absolute atomic E-state index is 0.125. The lowest BCUT2D eigenvalue weighted by atomic mass is 9.87. The third-order valence-electron chi connectivity index (χ3n) is 4.16. The molecule has 1 aromatic rings. The molecule has 1 N–H and O–H groups in total. The van der Waals surface area contributed by atoms with Crippen LogP contribution in [-0.4, -0.2) is 30.9 Å². The highest BCUT2D eigenvalue weighted by Gasteiger charge is 2.26. The van der Waals surface area contributed by atoms with Gasteiger partial charge in [0.1, 0.15) is 6.04 Å². The summed E-state index contributed by atoms with van der Waals surface area (Å²) in [4.78, 5) is 14.6. The number of hydrogen-bond acceptors (Lipinski definition) is 2. The standard InChI is InChI=1S/C17H26N2O/c1-13-8-7-11-15(12-13)18-17(20)16(19(2)3)14-9-5-4-6-10-14/h4-6,9-10,13,15-16H,7-8,11-12H2,1-3H3,(H,18,20). The number of benzene rings is 1. The highest BCUT2D eigenvalue weighted by atomic mass is 16.2. The Balaban J connectivity index is 2.04. The fourth-order valence-electron chi connectivity index (χ4n) is 3.16. The Morgan fingerprint density at radius 1 is 1.25 bits per heavy atom. The second-order valence-electron chi connectivity index (χ2n) is 6.25. The molecule has 1 amide bonds. The van der Waals surface area contributed by atoms with E-state index >= 15 is 0 Å². The molecule has 0 heterocycles. The molecule has 1 aliphatic rings. The quantitative estimate of drug-likeness (QED) is 0.915. The van der Waals surface area contributed by atoms with Crippen LogP contribution in [0, 0.1) is 5.92 Å². The van der Waals surface area contributed by atoms with E-state index in [1.165, 1.54) is 12.8 Å². The molecule has 2 rings (SSSR count). The molecule has 0 radical (unpaired) electrons. The third-order valence-corrected chi connectivity index (χ3v) is 4.16. The largest absolute Gasteiger partial charge is 0.352 e. The van der Waals surface area contributed by atoms with E-state index in [0.29, 0.717) is 6.04 Å². The normalized spacial score (nSPS) is 24.4. The van der Waals surface area contributed by atoms with Crippen molar-refractivity contribution in [3.8, 4) is 0 Å². The van der Waals surface area contributed by atoms with Crippen LogP contribution in [0.3, 0.4) is 0 Å². The minimum Gasteiger partial charge on any atom is -0.352 e. The number of likely N-dealkylation sites (N-methyl/N-ethyl adjacent to an activating group) is 1. The molecular weight excluding hydrogens is 248 g/mol. The lowest BCUT2D eigenvalue weighted by molar-refractivity contribution is -0.126. The summed E-state index contributed by atoms with van der Waals surface area (Å²) in [7, 11) is 3.92. The summed E-state index contributed by atoms with van der Waals surface area (Å²) < 4.78 is 0. The lowest BCUT2D eigenvalue weighted by Crippen LogP contribution is -2.44. The topological polar surface area (TPSA) is 32.3 Å². The van der Waals surface area contributed by atoms with Crippen LogP contribution in [0.5, 0.6) is 0 Å². The fraction of sp³-hybridized carbons (Fsp3) is 0.588. The zero-order valence-electron chi connectivity index (χ0n) is 12.8. The van der Waals surface area contributed by atoms with Gasteiger partial charge >= 0.3 is 0 Å². The van der Waals surface area contributed by atoms with E-state index in [9.17, 15) is 4.79 Å². The minimum atomic E-state index is -0.201. The lowest BCUT2D eigenvalue weighted by Gasteiger charge is -2.31. The summed E-state index contributed by atoms with van der Waals surface area (Å²) in [6.07, 6.45) is 4.75. The van der Waals surface area contributed by atoms with Crippen LogP contribution in [0.1, 0.15) is 44.2 Å². The van der Waals surface area contributed by atoms with Gasteiger partial charge in [0, 0.05) is 6.04 Å². The van der Waals surface area contributed by atoms with E-state index < -0.39 is 0 Å². The SMILES string of the molecule is CC1CCCC(NC(=O)C(c2ccccc2)N(C)C)C1. The van der Waals surface area contributed by atoms with Crippen LogP contribution >= 0.6 is 0 Å². The Bertz CT molecular complexity index is 430. The molecule has 1 fully saturated rings. The molecule has 3 heteroatoms. The average molecular weight is 274 g/mol. The van der Waals surface area contributed by atoms with Crippen LogP contribution in [0.4, 0.5) is 0 Å². The Morgan fingerprint density at radius 3 is 2.55 bits per heavy atom. The van der Waals surface area contributed by atoms with Crippen molar-refractivity contribution in [2.24, 2.45) is 5.92 Å². The van der Waals surface area contributed by atoms with Gasteiger partial charge in [-0.05, 0) is 38.4 Å². The summed E-state index contributed by atoms with van der Waals surface area (Å²) in [5, 5.41) is 3.25. The smallest absolute Gasteiger partial charge is 0.242 e. The summed E-state index contributed by atoms with van der Waals surface area (Å²) in [5.41, 5.74) is 1.05. The summed E-state index contributed by atoms with van der Waals surface area (Å²) in [6, 6.07) is 10.1. The van der Waals surface area contributed by atoms with Gasteiger partial charge in [0.15, 0.2) is 0 Å². The first kappa shape index (κ1) is 15.0. The number of nitrogens with zero attached hydrogens (tertiary/aromatic N) is 1. The summed E-state index contributed by atoms with van der Waals surface area (Å²) >= 11 is 0. The first-order chi connectivity index (χ1) is 9.58. The predicted octanol–water partition coefficient (Wildman–Crippen LogP) is 2.98. The van der Waals surface area contributed by atoms with Gasteiger partial charge in [-0.25, -0.2) is 0 Å². The number of amides is 1. The van der Waals surface area contributed by atoms with Crippen molar-refractivity contribution in [1.82, 2.24) is 10.2 Å². The van der Waals surface area contributed by atoms with Gasteiger partial charge in [0.25, 0.3) is 0 Å². The van der Waals surface area contributed by atoms with Gasteiger partial charge in [0.05, 0.1) is 0 Å². The fourth-order valence-corrected chi connectivity index (χ4v) is 3.16. The van der Waals surface area contributed by atoms with Crippen LogP contribution in [0.25, 0.3) is 0 Å². The number of carbonyl (C=O) groups is 1. The van der Waals surface area contributed by atoms with Crippen molar-refractivity contribution >= 4 is 5.91 Å². The maximum atomic E-state index is 12.6. The van der Waals surface area contributed by atoms with Gasteiger partial charge in [-0.3, -0.25) is 9.69 Å². The maximum Gasteiger partial charge on any atom is 0.242 e. The van der Waals surface area contributed by atoms with Gasteiger partial charge in [-0.15, -0.1) is 0 Å². The molecule has 1 aromatic carbocycles. The van der Waals surface area contributed by atoms with Crippen molar-refractivity contribution < 1.29 is 4.79 Å². The van der Waals surface area contributed by atoms with E-state index in [0.717, 1.165) is 24.3 Å². The second-order valence-corrected chi connectivity index (χ2v) is 6.25. The van der Waals surface area contributed by atoms with E-state index in [1.54, 1.807) is 0 Å². The van der Waals surface area contributed by atoms with E-state index in [1.807, 2.05) is 49.3 Å². The Labute approximate surface area is 122 Å². The van der Waals surface area contributed by atoms with E-state index in [-0.39, 0.29) is 11.9 Å². The van der Waals surface area contributed by atoms with Crippen LogP contribution in [0.2, 0.25) is 0 Å². The van der Waals surface area contributed by atoms with Crippen molar-refractivity contribution in [3.63, 3.8) is 0 Å². The first-order valence-corrected chi connectivity index (χ1v) is 7.59. The second kappa shape index (κ2) is 6.89. The first-order valence-electron chi connectivity index (χ1n) is 7.59. The Kier molecular flexibility index (Phi) is 5.18. The number of carbonyl (C=O) groups excluding carboxylic acids is 1. The zero-order chi connectivity index (χ0) is 14.5. The molecule has 20 heavy (non-hydrogen) atoms. The number of rotatable bonds is 4. The van der Waals surface area contributed by atoms with Crippen molar-refractivity contribution in [3.05, 3.63) is 35.9 Å². The number of hydrogen-bond donors (Lipinski definition) is 1. The molecule has 3 nitrogen and oxygen atoms in total. The summed E-state index contributed by atoms with van der Waals surface area (Å²) in [5.74, 6) is 0.851. The van der Waals surface area contributed by atoms with Gasteiger partial charge in [0.2, 0.25) is 5.91 Å². The zero-order valence-corrected chi connectivity index (χ0v) is 12.8. The molecule has 110 valence electrons. The number of nitrogens with one attached hydrogen (secondary N) is 1. The molecule has 3 atom stereocenters. The van der Waals surface area contributed by atoms with Crippen LogP contribution in [-0.2, 0) is 4.79 Å². The maximum absolute atomic E-state index is 12.6. The molecule has 3 unspecified atom stereocenters.